The van der Waals surface area contributed by atoms with Crippen LogP contribution in [0.25, 0.3) is 0 Å². The summed E-state index contributed by atoms with van der Waals surface area (Å²) in [4.78, 5) is 14.0. The molecule has 3 N–H and O–H groups in total. The third kappa shape index (κ3) is 5.71. The van der Waals surface area contributed by atoms with Crippen molar-refractivity contribution in [2.24, 2.45) is 5.92 Å². The van der Waals surface area contributed by atoms with Gasteiger partial charge in [-0.3, -0.25) is 0 Å². The Morgan fingerprint density at radius 1 is 1.33 bits per heavy atom. The Hall–Kier alpha value is -1.75. The smallest absolute Gasteiger partial charge is 0.317 e. The van der Waals surface area contributed by atoms with E-state index >= 15 is 0 Å². The minimum Gasteiger partial charge on any atom is -0.393 e. The zero-order valence-corrected chi connectivity index (χ0v) is 15.1. The quantitative estimate of drug-likeness (QED) is 0.749. The van der Waals surface area contributed by atoms with Crippen LogP contribution in [0.4, 0.5) is 10.5 Å². The molecular weight excluding hydrogens is 302 g/mol. The third-order valence-electron chi connectivity index (χ3n) is 4.55. The van der Waals surface area contributed by atoms with Crippen LogP contribution in [0, 0.1) is 5.92 Å². The number of aliphatic hydroxyl groups is 1. The number of urea groups is 1. The van der Waals surface area contributed by atoms with E-state index in [-0.39, 0.29) is 18.1 Å². The summed E-state index contributed by atoms with van der Waals surface area (Å²) in [6.07, 6.45) is 3.83. The zero-order chi connectivity index (χ0) is 17.5. The van der Waals surface area contributed by atoms with E-state index in [9.17, 15) is 9.90 Å². The van der Waals surface area contributed by atoms with E-state index in [2.05, 4.69) is 30.5 Å². The predicted octanol–water partition coefficient (Wildman–Crippen LogP) is 3.20. The number of carbonyl (C=O) groups is 1. The number of carbonyl (C=O) groups excluding carboxylic acids is 1. The molecule has 134 valence electrons. The number of amides is 2. The molecule has 0 bridgehead atoms. The molecule has 2 unspecified atom stereocenters. The first-order chi connectivity index (χ1) is 11.5. The van der Waals surface area contributed by atoms with Gasteiger partial charge in [-0.1, -0.05) is 25.0 Å². The van der Waals surface area contributed by atoms with Gasteiger partial charge in [0.05, 0.1) is 6.10 Å². The second-order valence-corrected chi connectivity index (χ2v) is 7.15. The van der Waals surface area contributed by atoms with Crippen LogP contribution in [0.15, 0.2) is 24.3 Å². The Labute approximate surface area is 145 Å². The lowest BCUT2D eigenvalue weighted by molar-refractivity contribution is 0.0565. The number of nitrogens with one attached hydrogen (secondary N) is 2. The van der Waals surface area contributed by atoms with E-state index in [1.807, 2.05) is 18.2 Å². The molecule has 1 aromatic carbocycles. The van der Waals surface area contributed by atoms with Gasteiger partial charge in [0, 0.05) is 37.8 Å². The summed E-state index contributed by atoms with van der Waals surface area (Å²) in [5.74, 6) is 0.202. The lowest BCUT2D eigenvalue weighted by Crippen LogP contribution is -2.42. The molecule has 0 aromatic heterocycles. The fourth-order valence-electron chi connectivity index (χ4n) is 3.25. The molecule has 1 saturated carbocycles. The molecule has 1 fully saturated rings. The van der Waals surface area contributed by atoms with E-state index in [4.69, 9.17) is 0 Å². The van der Waals surface area contributed by atoms with E-state index < -0.39 is 0 Å². The fraction of sp³-hybridized carbons (Fsp3) is 0.632. The van der Waals surface area contributed by atoms with Crippen molar-refractivity contribution < 1.29 is 9.90 Å². The maximum Gasteiger partial charge on any atom is 0.317 e. The van der Waals surface area contributed by atoms with Gasteiger partial charge < -0.3 is 20.6 Å². The highest BCUT2D eigenvalue weighted by Gasteiger charge is 2.25. The van der Waals surface area contributed by atoms with Crippen LogP contribution in [0.3, 0.4) is 0 Å². The second kappa shape index (κ2) is 8.92. The normalized spacial score (nSPS) is 20.7. The summed E-state index contributed by atoms with van der Waals surface area (Å²) in [6, 6.07) is 8.39. The number of benzene rings is 1. The summed E-state index contributed by atoms with van der Waals surface area (Å²) in [6.45, 7) is 5.32. The molecule has 1 aliphatic rings. The standard InChI is InChI=1S/C19H31N3O2/c1-14(2)21-17-9-6-7-15(11-17)12-20-19(24)22(3)13-16-8-4-5-10-18(16)23/h6-7,9,11,14,16,18,21,23H,4-5,8,10,12-13H2,1-3H3,(H,20,24). The van der Waals surface area contributed by atoms with Crippen molar-refractivity contribution in [2.45, 2.75) is 58.2 Å². The van der Waals surface area contributed by atoms with Gasteiger partial charge in [0.25, 0.3) is 0 Å². The van der Waals surface area contributed by atoms with Gasteiger partial charge in [-0.15, -0.1) is 0 Å². The molecule has 5 heteroatoms. The molecular formula is C19H31N3O2. The van der Waals surface area contributed by atoms with Crippen molar-refractivity contribution in [3.63, 3.8) is 0 Å². The molecule has 0 spiro atoms. The molecule has 2 rings (SSSR count). The highest BCUT2D eigenvalue weighted by molar-refractivity contribution is 5.73. The Morgan fingerprint density at radius 3 is 2.79 bits per heavy atom. The average Bonchev–Trinajstić information content (AvgIpc) is 2.54. The average molecular weight is 333 g/mol. The first-order valence-electron chi connectivity index (χ1n) is 8.98. The van der Waals surface area contributed by atoms with Crippen LogP contribution in [0.5, 0.6) is 0 Å². The number of rotatable bonds is 6. The Balaban J connectivity index is 1.81. The number of hydrogen-bond donors (Lipinski definition) is 3. The van der Waals surface area contributed by atoms with Crippen molar-refractivity contribution in [3.05, 3.63) is 29.8 Å². The van der Waals surface area contributed by atoms with E-state index in [0.717, 1.165) is 36.9 Å². The third-order valence-corrected chi connectivity index (χ3v) is 4.55. The van der Waals surface area contributed by atoms with Crippen molar-refractivity contribution in [2.75, 3.05) is 18.9 Å². The van der Waals surface area contributed by atoms with Gasteiger partial charge in [-0.25, -0.2) is 4.79 Å². The summed E-state index contributed by atoms with van der Waals surface area (Å²) in [5, 5.41) is 16.4. The van der Waals surface area contributed by atoms with Crippen LogP contribution >= 0.6 is 0 Å². The van der Waals surface area contributed by atoms with Crippen LogP contribution in [-0.2, 0) is 6.54 Å². The van der Waals surface area contributed by atoms with Crippen molar-refractivity contribution in [1.82, 2.24) is 10.2 Å². The minimum atomic E-state index is -0.271. The molecule has 5 nitrogen and oxygen atoms in total. The minimum absolute atomic E-state index is 0.0880. The highest BCUT2D eigenvalue weighted by atomic mass is 16.3. The van der Waals surface area contributed by atoms with Gasteiger partial charge in [-0.05, 0) is 44.4 Å². The maximum absolute atomic E-state index is 12.3. The maximum atomic E-state index is 12.3. The van der Waals surface area contributed by atoms with E-state index in [0.29, 0.717) is 19.1 Å². The molecule has 24 heavy (non-hydrogen) atoms. The SMILES string of the molecule is CC(C)Nc1cccc(CNC(=O)N(C)CC2CCCCC2O)c1. The van der Waals surface area contributed by atoms with Gasteiger partial charge in [0.15, 0.2) is 0 Å². The first-order valence-corrected chi connectivity index (χ1v) is 8.98. The molecule has 1 aliphatic carbocycles. The second-order valence-electron chi connectivity index (χ2n) is 7.15. The number of anilines is 1. The van der Waals surface area contributed by atoms with Crippen LogP contribution in [-0.4, -0.2) is 41.8 Å². The van der Waals surface area contributed by atoms with Crippen molar-refractivity contribution in [3.8, 4) is 0 Å². The van der Waals surface area contributed by atoms with Gasteiger partial charge in [0.1, 0.15) is 0 Å². The molecule has 2 atom stereocenters. The van der Waals surface area contributed by atoms with Crippen LogP contribution in [0.2, 0.25) is 0 Å². The topological polar surface area (TPSA) is 64.6 Å². The van der Waals surface area contributed by atoms with E-state index in [1.54, 1.807) is 11.9 Å². The van der Waals surface area contributed by atoms with E-state index in [1.165, 1.54) is 0 Å². The molecule has 0 saturated heterocycles. The Kier molecular flexibility index (Phi) is 6.91. The van der Waals surface area contributed by atoms with Gasteiger partial charge in [0.2, 0.25) is 0 Å². The molecule has 2 amide bonds. The van der Waals surface area contributed by atoms with Crippen molar-refractivity contribution in [1.29, 1.82) is 0 Å². The van der Waals surface area contributed by atoms with Crippen LogP contribution < -0.4 is 10.6 Å². The Morgan fingerprint density at radius 2 is 2.08 bits per heavy atom. The number of nitrogens with zero attached hydrogens (tertiary/aromatic N) is 1. The lowest BCUT2D eigenvalue weighted by Gasteiger charge is -2.31. The highest BCUT2D eigenvalue weighted by Crippen LogP contribution is 2.24. The lowest BCUT2D eigenvalue weighted by atomic mass is 9.86. The summed E-state index contributed by atoms with van der Waals surface area (Å²) >= 11 is 0. The fourth-order valence-corrected chi connectivity index (χ4v) is 3.25. The molecule has 0 aliphatic heterocycles. The van der Waals surface area contributed by atoms with Crippen LogP contribution in [0.1, 0.15) is 45.1 Å². The van der Waals surface area contributed by atoms with Crippen molar-refractivity contribution >= 4 is 11.7 Å². The summed E-state index contributed by atoms with van der Waals surface area (Å²) in [5.41, 5.74) is 2.13. The largest absolute Gasteiger partial charge is 0.393 e. The number of hydrogen-bond acceptors (Lipinski definition) is 3. The zero-order valence-electron chi connectivity index (χ0n) is 15.1. The predicted molar refractivity (Wildman–Crippen MR) is 98.0 cm³/mol. The summed E-state index contributed by atoms with van der Waals surface area (Å²) < 4.78 is 0. The van der Waals surface area contributed by atoms with Gasteiger partial charge >= 0.3 is 6.03 Å². The van der Waals surface area contributed by atoms with Gasteiger partial charge in [-0.2, -0.15) is 0 Å². The monoisotopic (exact) mass is 333 g/mol. The Bertz CT molecular complexity index is 533. The summed E-state index contributed by atoms with van der Waals surface area (Å²) in [7, 11) is 1.80. The molecule has 0 heterocycles. The molecule has 1 aromatic rings. The molecule has 0 radical (unpaired) electrons. The first kappa shape index (κ1) is 18.6. The number of aliphatic hydroxyl groups excluding tert-OH is 1.